The second-order valence-electron chi connectivity index (χ2n) is 5.46. The Hall–Kier alpha value is -0.710. The van der Waals surface area contributed by atoms with Gasteiger partial charge in [-0.25, -0.2) is 0 Å². The van der Waals surface area contributed by atoms with Crippen molar-refractivity contribution in [1.82, 2.24) is 5.32 Å². The molecule has 22 heavy (non-hydrogen) atoms. The highest BCUT2D eigenvalue weighted by molar-refractivity contribution is 7.98. The molecule has 5 heteroatoms. The van der Waals surface area contributed by atoms with Gasteiger partial charge in [0.05, 0.1) is 6.04 Å². The number of carbonyl (C=O) groups excluding carboxylic acids is 1. The molecule has 0 heterocycles. The number of carbonyl (C=O) groups is 1. The van der Waals surface area contributed by atoms with Gasteiger partial charge in [0.15, 0.2) is 0 Å². The molecule has 126 valence electrons. The third kappa shape index (κ3) is 5.82. The lowest BCUT2D eigenvalue weighted by Crippen LogP contribution is -2.46. The fraction of sp³-hybridized carbons (Fsp3) is 0.588. The van der Waals surface area contributed by atoms with Crippen molar-refractivity contribution < 1.29 is 4.79 Å². The third-order valence-electron chi connectivity index (χ3n) is 4.31. The van der Waals surface area contributed by atoms with Crippen molar-refractivity contribution in [1.29, 1.82) is 0 Å². The van der Waals surface area contributed by atoms with Crippen molar-refractivity contribution in [3.8, 4) is 0 Å². The molecule has 0 radical (unpaired) electrons. The van der Waals surface area contributed by atoms with Gasteiger partial charge in [-0.2, -0.15) is 11.8 Å². The predicted molar refractivity (Wildman–Crippen MR) is 99.9 cm³/mol. The molecule has 1 aromatic carbocycles. The van der Waals surface area contributed by atoms with Gasteiger partial charge >= 0.3 is 0 Å². The molecule has 3 nitrogen and oxygen atoms in total. The van der Waals surface area contributed by atoms with E-state index < -0.39 is 6.04 Å². The summed E-state index contributed by atoms with van der Waals surface area (Å²) in [6, 6.07) is 10.0. The van der Waals surface area contributed by atoms with Gasteiger partial charge < -0.3 is 11.1 Å². The third-order valence-corrected chi connectivity index (χ3v) is 4.95. The molecule has 0 fully saturated rings. The first kappa shape index (κ1) is 21.3. The van der Waals surface area contributed by atoms with Gasteiger partial charge in [-0.15, -0.1) is 12.4 Å². The van der Waals surface area contributed by atoms with Crippen LogP contribution < -0.4 is 11.1 Å². The van der Waals surface area contributed by atoms with Crippen LogP contribution in [-0.4, -0.2) is 30.5 Å². The lowest BCUT2D eigenvalue weighted by molar-refractivity contribution is -0.122. The molecule has 0 aromatic heterocycles. The number of nitrogens with two attached hydrogens (primary N) is 1. The van der Waals surface area contributed by atoms with E-state index in [2.05, 4.69) is 43.4 Å². The summed E-state index contributed by atoms with van der Waals surface area (Å²) >= 11 is 1.72. The number of amides is 1. The molecule has 0 aliphatic rings. The quantitative estimate of drug-likeness (QED) is 0.722. The molecule has 1 atom stereocenters. The first-order valence-electron chi connectivity index (χ1n) is 7.67. The Kier molecular flexibility index (Phi) is 10.6. The van der Waals surface area contributed by atoms with E-state index in [1.807, 2.05) is 12.3 Å². The van der Waals surface area contributed by atoms with Crippen molar-refractivity contribution in [2.75, 3.05) is 18.6 Å². The van der Waals surface area contributed by atoms with Crippen LogP contribution in [0.2, 0.25) is 0 Å². The zero-order valence-electron chi connectivity index (χ0n) is 13.8. The molecule has 1 rings (SSSR count). The fourth-order valence-corrected chi connectivity index (χ4v) is 3.05. The highest BCUT2D eigenvalue weighted by Gasteiger charge is 2.29. The summed E-state index contributed by atoms with van der Waals surface area (Å²) in [4.78, 5) is 12.1. The van der Waals surface area contributed by atoms with E-state index in [9.17, 15) is 4.79 Å². The van der Waals surface area contributed by atoms with Crippen LogP contribution in [0.15, 0.2) is 30.3 Å². The minimum atomic E-state index is -0.403. The summed E-state index contributed by atoms with van der Waals surface area (Å²) in [5.41, 5.74) is 7.21. The molecule has 3 N–H and O–H groups in total. The van der Waals surface area contributed by atoms with Gasteiger partial charge in [0.1, 0.15) is 0 Å². The SMILES string of the molecule is CCC(CC)(CNC(=O)[C@@H](N)CCSC)c1ccccc1.Cl. The summed E-state index contributed by atoms with van der Waals surface area (Å²) in [7, 11) is 0. The maximum Gasteiger partial charge on any atom is 0.236 e. The lowest BCUT2D eigenvalue weighted by atomic mass is 9.76. The van der Waals surface area contributed by atoms with E-state index >= 15 is 0 Å². The highest BCUT2D eigenvalue weighted by Crippen LogP contribution is 2.30. The van der Waals surface area contributed by atoms with Gasteiger partial charge in [-0.1, -0.05) is 44.2 Å². The Bertz CT molecular complexity index is 424. The molecule has 0 saturated heterocycles. The second kappa shape index (κ2) is 10.9. The van der Waals surface area contributed by atoms with Crippen LogP contribution >= 0.6 is 24.2 Å². The van der Waals surface area contributed by atoms with Gasteiger partial charge in [0.2, 0.25) is 5.91 Å². The fourth-order valence-electron chi connectivity index (χ4n) is 2.57. The Labute approximate surface area is 145 Å². The van der Waals surface area contributed by atoms with E-state index in [0.29, 0.717) is 6.54 Å². The Balaban J connectivity index is 0.00000441. The Morgan fingerprint density at radius 1 is 1.27 bits per heavy atom. The maximum atomic E-state index is 12.1. The molecule has 0 aliphatic heterocycles. The molecule has 1 aromatic rings. The summed E-state index contributed by atoms with van der Waals surface area (Å²) < 4.78 is 0. The number of benzene rings is 1. The molecule has 1 amide bonds. The number of thioether (sulfide) groups is 1. The van der Waals surface area contributed by atoms with E-state index in [0.717, 1.165) is 25.0 Å². The number of hydrogen-bond donors (Lipinski definition) is 2. The van der Waals surface area contributed by atoms with Crippen molar-refractivity contribution in [3.63, 3.8) is 0 Å². The largest absolute Gasteiger partial charge is 0.354 e. The zero-order chi connectivity index (χ0) is 15.7. The molecule has 0 aliphatic carbocycles. The molecule has 0 unspecified atom stereocenters. The first-order valence-corrected chi connectivity index (χ1v) is 9.06. The van der Waals surface area contributed by atoms with Crippen molar-refractivity contribution >= 4 is 30.1 Å². The second-order valence-corrected chi connectivity index (χ2v) is 6.44. The van der Waals surface area contributed by atoms with Crippen LogP contribution in [0, 0.1) is 0 Å². The van der Waals surface area contributed by atoms with E-state index in [4.69, 9.17) is 5.73 Å². The van der Waals surface area contributed by atoms with Gasteiger partial charge in [-0.05, 0) is 36.8 Å². The molecule has 0 spiro atoms. The number of rotatable bonds is 9. The monoisotopic (exact) mass is 344 g/mol. The number of nitrogens with one attached hydrogen (secondary N) is 1. The number of hydrogen-bond acceptors (Lipinski definition) is 3. The lowest BCUT2D eigenvalue weighted by Gasteiger charge is -2.33. The smallest absolute Gasteiger partial charge is 0.236 e. The Morgan fingerprint density at radius 3 is 2.36 bits per heavy atom. The van der Waals surface area contributed by atoms with Crippen molar-refractivity contribution in [2.45, 2.75) is 44.6 Å². The van der Waals surface area contributed by atoms with Crippen LogP contribution in [0.3, 0.4) is 0 Å². The first-order chi connectivity index (χ1) is 10.1. The normalized spacial score (nSPS) is 12.4. The van der Waals surface area contributed by atoms with Gasteiger partial charge in [-0.3, -0.25) is 4.79 Å². The van der Waals surface area contributed by atoms with Gasteiger partial charge in [0.25, 0.3) is 0 Å². The van der Waals surface area contributed by atoms with Crippen molar-refractivity contribution in [2.24, 2.45) is 5.73 Å². The predicted octanol–water partition coefficient (Wildman–Crippen LogP) is 3.36. The molecule has 0 bridgehead atoms. The highest BCUT2D eigenvalue weighted by atomic mass is 35.5. The minimum absolute atomic E-state index is 0. The Morgan fingerprint density at radius 2 is 1.86 bits per heavy atom. The number of halogens is 1. The van der Waals surface area contributed by atoms with E-state index in [-0.39, 0.29) is 23.7 Å². The summed E-state index contributed by atoms with van der Waals surface area (Å²) in [5.74, 6) is 0.881. The van der Waals surface area contributed by atoms with Gasteiger partial charge in [0, 0.05) is 12.0 Å². The summed E-state index contributed by atoms with van der Waals surface area (Å²) in [6.45, 7) is 5.00. The van der Waals surface area contributed by atoms with Crippen LogP contribution in [0.25, 0.3) is 0 Å². The average Bonchev–Trinajstić information content (AvgIpc) is 2.54. The summed E-state index contributed by atoms with van der Waals surface area (Å²) in [6.07, 6.45) is 4.74. The topological polar surface area (TPSA) is 55.1 Å². The zero-order valence-corrected chi connectivity index (χ0v) is 15.4. The average molecular weight is 345 g/mol. The molecule has 0 saturated carbocycles. The van der Waals surface area contributed by atoms with Crippen LogP contribution in [0.1, 0.15) is 38.7 Å². The van der Waals surface area contributed by atoms with Crippen molar-refractivity contribution in [3.05, 3.63) is 35.9 Å². The van der Waals surface area contributed by atoms with E-state index in [1.54, 1.807) is 11.8 Å². The molecular weight excluding hydrogens is 316 g/mol. The van der Waals surface area contributed by atoms with Crippen LogP contribution in [-0.2, 0) is 10.2 Å². The van der Waals surface area contributed by atoms with E-state index in [1.165, 1.54) is 5.56 Å². The van der Waals surface area contributed by atoms with Crippen LogP contribution in [0.4, 0.5) is 0 Å². The maximum absolute atomic E-state index is 12.1. The standard InChI is InChI=1S/C17H28N2OS.ClH/c1-4-17(5-2,14-9-7-6-8-10-14)13-19-16(20)15(18)11-12-21-3;/h6-10,15H,4-5,11-13,18H2,1-3H3,(H,19,20);1H/t15-;/m0./s1. The minimum Gasteiger partial charge on any atom is -0.354 e. The van der Waals surface area contributed by atoms with Crippen LogP contribution in [0.5, 0.6) is 0 Å². The summed E-state index contributed by atoms with van der Waals surface area (Å²) in [5, 5.41) is 3.06. The molecular formula is C17H29ClN2OS.